The van der Waals surface area contributed by atoms with Crippen molar-refractivity contribution in [3.63, 3.8) is 0 Å². The summed E-state index contributed by atoms with van der Waals surface area (Å²) < 4.78 is 0. The highest BCUT2D eigenvalue weighted by Gasteiger charge is 2.20. The predicted octanol–water partition coefficient (Wildman–Crippen LogP) is 1.99. The predicted molar refractivity (Wildman–Crippen MR) is 80.1 cm³/mol. The first-order chi connectivity index (χ1) is 9.70. The molecule has 0 spiro atoms. The van der Waals surface area contributed by atoms with Gasteiger partial charge >= 0.3 is 0 Å². The summed E-state index contributed by atoms with van der Waals surface area (Å²) in [6.07, 6.45) is 1.07. The second-order valence-corrected chi connectivity index (χ2v) is 5.46. The second-order valence-electron chi connectivity index (χ2n) is 5.46. The first kappa shape index (κ1) is 13.2. The fraction of sp³-hybridized carbons (Fsp3) is 0.375. The Balaban J connectivity index is 1.83. The van der Waals surface area contributed by atoms with Crippen LogP contribution in [-0.2, 0) is 6.54 Å². The molecule has 3 rings (SSSR count). The zero-order valence-corrected chi connectivity index (χ0v) is 11.8. The highest BCUT2D eigenvalue weighted by molar-refractivity contribution is 5.58. The molecular formula is C16H20N4. The molecule has 1 saturated heterocycles. The molecule has 0 saturated carbocycles. The van der Waals surface area contributed by atoms with E-state index in [1.165, 1.54) is 0 Å². The number of nitrogens with zero attached hydrogens (tertiary/aromatic N) is 3. The maximum absolute atomic E-state index is 5.95. The third kappa shape index (κ3) is 3.03. The van der Waals surface area contributed by atoms with Crippen LogP contribution in [0.4, 0.5) is 0 Å². The molecule has 1 atom stereocenters. The van der Waals surface area contributed by atoms with Gasteiger partial charge in [0.2, 0.25) is 0 Å². The zero-order chi connectivity index (χ0) is 13.9. The number of rotatable bonds is 3. The van der Waals surface area contributed by atoms with Gasteiger partial charge in [-0.3, -0.25) is 4.90 Å². The van der Waals surface area contributed by atoms with Gasteiger partial charge in [0.15, 0.2) is 0 Å². The molecule has 0 bridgehead atoms. The molecule has 0 unspecified atom stereocenters. The van der Waals surface area contributed by atoms with Gasteiger partial charge in [-0.25, -0.2) is 9.97 Å². The smallest absolute Gasteiger partial charge is 0.143 e. The van der Waals surface area contributed by atoms with Crippen molar-refractivity contribution in [2.45, 2.75) is 25.9 Å². The van der Waals surface area contributed by atoms with E-state index in [1.807, 2.05) is 31.2 Å². The molecule has 0 radical (unpaired) electrons. The maximum atomic E-state index is 5.95. The Morgan fingerprint density at radius 1 is 1.25 bits per heavy atom. The van der Waals surface area contributed by atoms with Crippen LogP contribution in [0.15, 0.2) is 36.4 Å². The molecule has 4 nitrogen and oxygen atoms in total. The molecule has 4 heteroatoms. The topological polar surface area (TPSA) is 55.0 Å². The first-order valence-electron chi connectivity index (χ1n) is 7.08. The Hall–Kier alpha value is -1.78. The molecule has 0 amide bonds. The van der Waals surface area contributed by atoms with Crippen molar-refractivity contribution in [3.05, 3.63) is 47.9 Å². The first-order valence-corrected chi connectivity index (χ1v) is 7.08. The quantitative estimate of drug-likeness (QED) is 0.925. The molecular weight excluding hydrogens is 248 g/mol. The van der Waals surface area contributed by atoms with E-state index in [4.69, 9.17) is 10.7 Å². The molecule has 1 aromatic heterocycles. The van der Waals surface area contributed by atoms with E-state index in [0.717, 1.165) is 48.8 Å². The van der Waals surface area contributed by atoms with Gasteiger partial charge in [0, 0.05) is 30.4 Å². The number of hydrogen-bond donors (Lipinski definition) is 1. The van der Waals surface area contributed by atoms with E-state index in [9.17, 15) is 0 Å². The highest BCUT2D eigenvalue weighted by atomic mass is 15.2. The Bertz CT molecular complexity index is 582. The monoisotopic (exact) mass is 268 g/mol. The van der Waals surface area contributed by atoms with Crippen LogP contribution in [0, 0.1) is 6.92 Å². The largest absolute Gasteiger partial charge is 0.326 e. The van der Waals surface area contributed by atoms with Gasteiger partial charge in [-0.15, -0.1) is 0 Å². The Kier molecular flexibility index (Phi) is 3.76. The molecule has 1 aliphatic heterocycles. The summed E-state index contributed by atoms with van der Waals surface area (Å²) in [4.78, 5) is 11.6. The van der Waals surface area contributed by atoms with Gasteiger partial charge < -0.3 is 5.73 Å². The molecule has 1 fully saturated rings. The Labute approximate surface area is 119 Å². The van der Waals surface area contributed by atoms with Gasteiger partial charge in [-0.05, 0) is 19.4 Å². The van der Waals surface area contributed by atoms with Crippen molar-refractivity contribution >= 4 is 0 Å². The molecule has 0 aliphatic carbocycles. The summed E-state index contributed by atoms with van der Waals surface area (Å²) in [5, 5.41) is 0. The van der Waals surface area contributed by atoms with Crippen molar-refractivity contribution < 1.29 is 0 Å². The number of aryl methyl sites for hydroxylation is 1. The molecule has 2 N–H and O–H groups in total. The maximum Gasteiger partial charge on any atom is 0.143 e. The Morgan fingerprint density at radius 3 is 2.75 bits per heavy atom. The summed E-state index contributed by atoms with van der Waals surface area (Å²) >= 11 is 0. The average molecular weight is 268 g/mol. The molecule has 20 heavy (non-hydrogen) atoms. The average Bonchev–Trinajstić information content (AvgIpc) is 2.84. The van der Waals surface area contributed by atoms with Gasteiger partial charge in [0.25, 0.3) is 0 Å². The van der Waals surface area contributed by atoms with Crippen molar-refractivity contribution in [2.75, 3.05) is 13.1 Å². The summed E-state index contributed by atoms with van der Waals surface area (Å²) in [6.45, 7) is 4.79. The summed E-state index contributed by atoms with van der Waals surface area (Å²) in [5.41, 5.74) is 9.09. The summed E-state index contributed by atoms with van der Waals surface area (Å²) in [6, 6.07) is 12.6. The second kappa shape index (κ2) is 5.69. The van der Waals surface area contributed by atoms with Crippen LogP contribution in [0.2, 0.25) is 0 Å². The molecule has 1 aromatic carbocycles. The number of aromatic nitrogens is 2. The van der Waals surface area contributed by atoms with E-state index in [2.05, 4.69) is 22.0 Å². The summed E-state index contributed by atoms with van der Waals surface area (Å²) in [5.74, 6) is 0.887. The number of nitrogens with two attached hydrogens (primary N) is 1. The highest BCUT2D eigenvalue weighted by Crippen LogP contribution is 2.18. The van der Waals surface area contributed by atoms with Crippen LogP contribution in [0.5, 0.6) is 0 Å². The van der Waals surface area contributed by atoms with E-state index in [1.54, 1.807) is 0 Å². The Morgan fingerprint density at radius 2 is 2.05 bits per heavy atom. The van der Waals surface area contributed by atoms with E-state index in [-0.39, 0.29) is 0 Å². The molecule has 104 valence electrons. The minimum atomic E-state index is 0.299. The fourth-order valence-electron chi connectivity index (χ4n) is 2.66. The van der Waals surface area contributed by atoms with Crippen molar-refractivity contribution in [1.82, 2.24) is 14.9 Å². The molecule has 2 aromatic rings. The van der Waals surface area contributed by atoms with Crippen molar-refractivity contribution in [3.8, 4) is 11.3 Å². The van der Waals surface area contributed by atoms with Gasteiger partial charge in [0.05, 0.1) is 12.2 Å². The van der Waals surface area contributed by atoms with E-state index < -0.39 is 0 Å². The zero-order valence-electron chi connectivity index (χ0n) is 11.8. The van der Waals surface area contributed by atoms with Gasteiger partial charge in [-0.1, -0.05) is 30.3 Å². The molecule has 1 aliphatic rings. The standard InChI is InChI=1S/C16H20N4/c1-12-9-15(13-5-3-2-4-6-13)19-16(18-12)11-20-8-7-14(17)10-20/h2-6,9,14H,7-8,10-11,17H2,1H3/t14-/m1/s1. The third-order valence-electron chi connectivity index (χ3n) is 3.64. The third-order valence-corrected chi connectivity index (χ3v) is 3.64. The van der Waals surface area contributed by atoms with Crippen LogP contribution in [0.3, 0.4) is 0 Å². The lowest BCUT2D eigenvalue weighted by Crippen LogP contribution is -2.27. The van der Waals surface area contributed by atoms with Crippen LogP contribution in [0.1, 0.15) is 17.9 Å². The van der Waals surface area contributed by atoms with Crippen LogP contribution in [-0.4, -0.2) is 34.0 Å². The van der Waals surface area contributed by atoms with Crippen molar-refractivity contribution in [1.29, 1.82) is 0 Å². The van der Waals surface area contributed by atoms with Crippen LogP contribution >= 0.6 is 0 Å². The van der Waals surface area contributed by atoms with E-state index in [0.29, 0.717) is 6.04 Å². The number of likely N-dealkylation sites (tertiary alicyclic amines) is 1. The normalized spacial score (nSPS) is 19.4. The number of benzene rings is 1. The van der Waals surface area contributed by atoms with E-state index >= 15 is 0 Å². The van der Waals surface area contributed by atoms with Gasteiger partial charge in [-0.2, -0.15) is 0 Å². The van der Waals surface area contributed by atoms with Gasteiger partial charge in [0.1, 0.15) is 5.82 Å². The van der Waals surface area contributed by atoms with Crippen molar-refractivity contribution in [2.24, 2.45) is 5.73 Å². The van der Waals surface area contributed by atoms with Crippen LogP contribution < -0.4 is 5.73 Å². The minimum Gasteiger partial charge on any atom is -0.326 e. The lowest BCUT2D eigenvalue weighted by atomic mass is 10.1. The van der Waals surface area contributed by atoms with Crippen LogP contribution in [0.25, 0.3) is 11.3 Å². The number of hydrogen-bond acceptors (Lipinski definition) is 4. The molecule has 2 heterocycles. The minimum absolute atomic E-state index is 0.299. The lowest BCUT2D eigenvalue weighted by Gasteiger charge is -2.15. The summed E-state index contributed by atoms with van der Waals surface area (Å²) in [7, 11) is 0. The fourth-order valence-corrected chi connectivity index (χ4v) is 2.66. The SMILES string of the molecule is Cc1cc(-c2ccccc2)nc(CN2CC[C@@H](N)C2)n1. The lowest BCUT2D eigenvalue weighted by molar-refractivity contribution is 0.318.